The van der Waals surface area contributed by atoms with Crippen molar-refractivity contribution in [1.29, 1.82) is 0 Å². The molecule has 9 heteroatoms. The van der Waals surface area contributed by atoms with Crippen molar-refractivity contribution in [2.45, 2.75) is 13.0 Å². The Hall–Kier alpha value is -4.27. The summed E-state index contributed by atoms with van der Waals surface area (Å²) in [5, 5.41) is 4.51. The standard InChI is InChI=1S/C24H25N3O6/c1-15(33-19-10-8-16-6-4-5-7-17(16)12-19)23(29)27-26-22(28)14-25-24(30)18-9-11-20(31-2)21(13-18)32-3/h4-13,15H,14H2,1-3H3,(H,25,30)(H,26,28)(H,27,29). The molecule has 0 aliphatic heterocycles. The summed E-state index contributed by atoms with van der Waals surface area (Å²) in [5.74, 6) is -0.218. The van der Waals surface area contributed by atoms with E-state index in [4.69, 9.17) is 14.2 Å². The molecule has 0 bridgehead atoms. The van der Waals surface area contributed by atoms with Crippen LogP contribution in [0.1, 0.15) is 17.3 Å². The second-order valence-electron chi connectivity index (χ2n) is 7.06. The van der Waals surface area contributed by atoms with Gasteiger partial charge in [-0.25, -0.2) is 0 Å². The predicted octanol–water partition coefficient (Wildman–Crippen LogP) is 2.20. The number of nitrogens with one attached hydrogen (secondary N) is 3. The number of hydrogen-bond donors (Lipinski definition) is 3. The molecule has 9 nitrogen and oxygen atoms in total. The normalized spacial score (nSPS) is 11.2. The van der Waals surface area contributed by atoms with Crippen LogP contribution in [-0.2, 0) is 9.59 Å². The van der Waals surface area contributed by atoms with E-state index in [1.165, 1.54) is 20.3 Å². The summed E-state index contributed by atoms with van der Waals surface area (Å²) in [6.45, 7) is 1.23. The number of hydrazine groups is 1. The summed E-state index contributed by atoms with van der Waals surface area (Å²) in [4.78, 5) is 36.5. The number of ether oxygens (including phenoxy) is 3. The lowest BCUT2D eigenvalue weighted by atomic mass is 10.1. The molecule has 0 heterocycles. The van der Waals surface area contributed by atoms with E-state index in [9.17, 15) is 14.4 Å². The number of amides is 3. The fourth-order valence-electron chi connectivity index (χ4n) is 3.02. The quantitative estimate of drug-likeness (QED) is 0.453. The minimum absolute atomic E-state index is 0.293. The molecule has 3 aromatic rings. The molecule has 1 atom stereocenters. The molecule has 172 valence electrons. The maximum Gasteiger partial charge on any atom is 0.279 e. The van der Waals surface area contributed by atoms with Crippen LogP contribution in [0.3, 0.4) is 0 Å². The minimum atomic E-state index is -0.854. The van der Waals surface area contributed by atoms with Crippen LogP contribution in [0.25, 0.3) is 10.8 Å². The van der Waals surface area contributed by atoms with Crippen molar-refractivity contribution in [2.75, 3.05) is 20.8 Å². The third kappa shape index (κ3) is 6.13. The number of methoxy groups -OCH3 is 2. The van der Waals surface area contributed by atoms with Crippen molar-refractivity contribution in [3.8, 4) is 17.2 Å². The zero-order valence-corrected chi connectivity index (χ0v) is 18.5. The van der Waals surface area contributed by atoms with Crippen molar-refractivity contribution in [3.05, 3.63) is 66.2 Å². The number of benzene rings is 3. The largest absolute Gasteiger partial charge is 0.493 e. The van der Waals surface area contributed by atoms with Gasteiger partial charge in [-0.3, -0.25) is 25.2 Å². The third-order valence-electron chi connectivity index (χ3n) is 4.78. The summed E-state index contributed by atoms with van der Waals surface area (Å²) in [6, 6.07) is 17.9. The van der Waals surface area contributed by atoms with Gasteiger partial charge in [0, 0.05) is 5.56 Å². The fraction of sp³-hybridized carbons (Fsp3) is 0.208. The van der Waals surface area contributed by atoms with Gasteiger partial charge >= 0.3 is 0 Å². The molecular formula is C24H25N3O6. The molecule has 1 unspecified atom stereocenters. The highest BCUT2D eigenvalue weighted by Crippen LogP contribution is 2.27. The first-order valence-electron chi connectivity index (χ1n) is 10.2. The second kappa shape index (κ2) is 10.9. The first kappa shape index (κ1) is 23.4. The Balaban J connectivity index is 1.45. The van der Waals surface area contributed by atoms with Crippen LogP contribution >= 0.6 is 0 Å². The second-order valence-corrected chi connectivity index (χ2v) is 7.06. The van der Waals surface area contributed by atoms with Crippen molar-refractivity contribution in [1.82, 2.24) is 16.2 Å². The zero-order valence-electron chi connectivity index (χ0n) is 18.5. The van der Waals surface area contributed by atoms with Gasteiger partial charge in [0.15, 0.2) is 17.6 Å². The predicted molar refractivity (Wildman–Crippen MR) is 122 cm³/mol. The molecule has 0 radical (unpaired) electrons. The molecule has 33 heavy (non-hydrogen) atoms. The van der Waals surface area contributed by atoms with Crippen LogP contribution in [0.15, 0.2) is 60.7 Å². The monoisotopic (exact) mass is 451 g/mol. The Morgan fingerprint density at radius 1 is 0.848 bits per heavy atom. The van der Waals surface area contributed by atoms with Crippen LogP contribution in [-0.4, -0.2) is 44.6 Å². The summed E-state index contributed by atoms with van der Waals surface area (Å²) >= 11 is 0. The SMILES string of the molecule is COc1ccc(C(=O)NCC(=O)NNC(=O)C(C)Oc2ccc3ccccc3c2)cc1OC. The number of carbonyl (C=O) groups excluding carboxylic acids is 3. The number of carbonyl (C=O) groups is 3. The van der Waals surface area contributed by atoms with Gasteiger partial charge in [0.25, 0.3) is 17.7 Å². The van der Waals surface area contributed by atoms with Crippen molar-refractivity contribution in [2.24, 2.45) is 0 Å². The van der Waals surface area contributed by atoms with Gasteiger partial charge in [-0.15, -0.1) is 0 Å². The lowest BCUT2D eigenvalue weighted by Gasteiger charge is -2.16. The smallest absolute Gasteiger partial charge is 0.279 e. The Morgan fingerprint density at radius 3 is 2.30 bits per heavy atom. The van der Waals surface area contributed by atoms with Gasteiger partial charge in [-0.1, -0.05) is 30.3 Å². The van der Waals surface area contributed by atoms with Gasteiger partial charge in [-0.05, 0) is 48.0 Å². The van der Waals surface area contributed by atoms with Crippen molar-refractivity contribution >= 4 is 28.5 Å². The van der Waals surface area contributed by atoms with E-state index in [0.717, 1.165) is 10.8 Å². The zero-order chi connectivity index (χ0) is 23.8. The van der Waals surface area contributed by atoms with Crippen LogP contribution in [0, 0.1) is 0 Å². The Morgan fingerprint density at radius 2 is 1.58 bits per heavy atom. The maximum absolute atomic E-state index is 12.3. The van der Waals surface area contributed by atoms with E-state index < -0.39 is 23.8 Å². The van der Waals surface area contributed by atoms with Gasteiger partial charge < -0.3 is 19.5 Å². The Kier molecular flexibility index (Phi) is 7.69. The average Bonchev–Trinajstić information content (AvgIpc) is 2.85. The van der Waals surface area contributed by atoms with Crippen LogP contribution in [0.2, 0.25) is 0 Å². The topological polar surface area (TPSA) is 115 Å². The molecule has 3 amide bonds. The highest BCUT2D eigenvalue weighted by atomic mass is 16.5. The molecule has 0 fully saturated rings. The molecule has 3 aromatic carbocycles. The molecular weight excluding hydrogens is 426 g/mol. The van der Waals surface area contributed by atoms with E-state index in [2.05, 4.69) is 16.2 Å². The molecule has 0 spiro atoms. The average molecular weight is 451 g/mol. The first-order valence-corrected chi connectivity index (χ1v) is 10.2. The highest BCUT2D eigenvalue weighted by Gasteiger charge is 2.16. The summed E-state index contributed by atoms with van der Waals surface area (Å²) < 4.78 is 15.9. The van der Waals surface area contributed by atoms with Crippen molar-refractivity contribution in [3.63, 3.8) is 0 Å². The molecule has 0 aromatic heterocycles. The van der Waals surface area contributed by atoms with E-state index in [0.29, 0.717) is 22.8 Å². The molecule has 3 N–H and O–H groups in total. The van der Waals surface area contributed by atoms with Gasteiger partial charge in [0.05, 0.1) is 20.8 Å². The van der Waals surface area contributed by atoms with E-state index in [1.807, 2.05) is 36.4 Å². The first-order chi connectivity index (χ1) is 15.9. The van der Waals surface area contributed by atoms with Gasteiger partial charge in [0.1, 0.15) is 5.75 Å². The van der Waals surface area contributed by atoms with Gasteiger partial charge in [0.2, 0.25) is 0 Å². The molecule has 3 rings (SSSR count). The lowest BCUT2D eigenvalue weighted by molar-refractivity contribution is -0.132. The highest BCUT2D eigenvalue weighted by molar-refractivity contribution is 5.97. The number of fused-ring (bicyclic) bond motifs is 1. The summed E-state index contributed by atoms with van der Waals surface area (Å²) in [7, 11) is 2.95. The molecule has 0 saturated carbocycles. The lowest BCUT2D eigenvalue weighted by Crippen LogP contribution is -2.50. The number of rotatable bonds is 8. The van der Waals surface area contributed by atoms with Crippen LogP contribution < -0.4 is 30.4 Å². The summed E-state index contributed by atoms with van der Waals surface area (Å²) in [5.41, 5.74) is 4.83. The molecule has 0 saturated heterocycles. The molecule has 0 aliphatic rings. The fourth-order valence-corrected chi connectivity index (χ4v) is 3.02. The van der Waals surface area contributed by atoms with E-state index >= 15 is 0 Å². The van der Waals surface area contributed by atoms with Crippen LogP contribution in [0.4, 0.5) is 0 Å². The van der Waals surface area contributed by atoms with Crippen molar-refractivity contribution < 1.29 is 28.6 Å². The Bertz CT molecular complexity index is 1160. The van der Waals surface area contributed by atoms with Crippen LogP contribution in [0.5, 0.6) is 17.2 Å². The summed E-state index contributed by atoms with van der Waals surface area (Å²) in [6.07, 6.45) is -0.854. The van der Waals surface area contributed by atoms with E-state index in [-0.39, 0.29) is 6.54 Å². The number of hydrogen-bond acceptors (Lipinski definition) is 6. The minimum Gasteiger partial charge on any atom is -0.493 e. The Labute approximate surface area is 191 Å². The third-order valence-corrected chi connectivity index (χ3v) is 4.78. The molecule has 0 aliphatic carbocycles. The van der Waals surface area contributed by atoms with E-state index in [1.54, 1.807) is 25.1 Å². The van der Waals surface area contributed by atoms with Gasteiger partial charge in [-0.2, -0.15) is 0 Å². The maximum atomic E-state index is 12.3.